The maximum Gasteiger partial charge on any atom is 0.262 e. The Labute approximate surface area is 151 Å². The Morgan fingerprint density at radius 1 is 1.08 bits per heavy atom. The lowest BCUT2D eigenvalue weighted by Gasteiger charge is -2.23. The lowest BCUT2D eigenvalue weighted by molar-refractivity contribution is -0.118. The van der Waals surface area contributed by atoms with E-state index in [4.69, 9.17) is 9.47 Å². The molecule has 0 atom stereocenters. The van der Waals surface area contributed by atoms with Crippen LogP contribution in [0.1, 0.15) is 41.3 Å². The van der Waals surface area contributed by atoms with E-state index in [-0.39, 0.29) is 30.8 Å². The van der Waals surface area contributed by atoms with Gasteiger partial charge in [0.25, 0.3) is 5.91 Å². The van der Waals surface area contributed by atoms with Gasteiger partial charge >= 0.3 is 0 Å². The van der Waals surface area contributed by atoms with Crippen molar-refractivity contribution in [1.82, 2.24) is 0 Å². The summed E-state index contributed by atoms with van der Waals surface area (Å²) in [7, 11) is 0. The molecule has 2 aliphatic rings. The van der Waals surface area contributed by atoms with Crippen LogP contribution in [-0.4, -0.2) is 24.9 Å². The van der Waals surface area contributed by atoms with Crippen molar-refractivity contribution >= 4 is 23.5 Å². The van der Waals surface area contributed by atoms with E-state index in [1.165, 1.54) is 0 Å². The van der Waals surface area contributed by atoms with E-state index in [2.05, 4.69) is 19.2 Å². The second kappa shape index (κ2) is 6.33. The van der Waals surface area contributed by atoms with Gasteiger partial charge in [-0.25, -0.2) is 0 Å². The molecule has 0 unspecified atom stereocenters. The summed E-state index contributed by atoms with van der Waals surface area (Å²) in [5.74, 6) is 1.40. The number of ether oxygens (including phenoxy) is 2. The van der Waals surface area contributed by atoms with Crippen molar-refractivity contribution in [3.63, 3.8) is 0 Å². The summed E-state index contributed by atoms with van der Waals surface area (Å²) in [6.45, 7) is 4.42. The van der Waals surface area contributed by atoms with Gasteiger partial charge in [-0.1, -0.05) is 32.0 Å². The van der Waals surface area contributed by atoms with Crippen LogP contribution in [0.15, 0.2) is 42.0 Å². The SMILES string of the molecule is CC(C)c1cccc2c1OC/C(=C\c1ccc3c(c1)NC(=O)CO3)C2=O. The number of nitrogens with one attached hydrogen (secondary N) is 1. The molecule has 1 N–H and O–H groups in total. The summed E-state index contributed by atoms with van der Waals surface area (Å²) in [4.78, 5) is 24.4. The summed E-state index contributed by atoms with van der Waals surface area (Å²) in [5.41, 5.74) is 3.65. The van der Waals surface area contributed by atoms with Crippen molar-refractivity contribution in [3.8, 4) is 11.5 Å². The molecule has 0 aromatic heterocycles. The van der Waals surface area contributed by atoms with E-state index in [0.717, 1.165) is 11.1 Å². The highest BCUT2D eigenvalue weighted by molar-refractivity contribution is 6.14. The van der Waals surface area contributed by atoms with E-state index in [0.29, 0.717) is 28.3 Å². The van der Waals surface area contributed by atoms with Gasteiger partial charge in [-0.05, 0) is 41.3 Å². The van der Waals surface area contributed by atoms with Crippen LogP contribution in [0.5, 0.6) is 11.5 Å². The predicted molar refractivity (Wildman–Crippen MR) is 98.9 cm³/mol. The van der Waals surface area contributed by atoms with E-state index >= 15 is 0 Å². The lowest BCUT2D eigenvalue weighted by Crippen LogP contribution is -2.25. The number of fused-ring (bicyclic) bond motifs is 2. The molecule has 0 fully saturated rings. The highest BCUT2D eigenvalue weighted by Gasteiger charge is 2.26. The molecule has 0 aliphatic carbocycles. The van der Waals surface area contributed by atoms with E-state index < -0.39 is 0 Å². The number of ketones is 1. The molecule has 1 amide bonds. The minimum Gasteiger partial charge on any atom is -0.488 e. The Kier molecular flexibility index (Phi) is 3.99. The quantitative estimate of drug-likeness (QED) is 0.838. The van der Waals surface area contributed by atoms with Crippen molar-refractivity contribution in [3.05, 3.63) is 58.7 Å². The standard InChI is InChI=1S/C21H19NO4/c1-12(2)15-4-3-5-16-20(24)14(10-26-21(15)16)8-13-6-7-18-17(9-13)22-19(23)11-25-18/h3-9,12H,10-11H2,1-2H3,(H,22,23)/b14-8+. The Morgan fingerprint density at radius 3 is 2.73 bits per heavy atom. The first-order valence-corrected chi connectivity index (χ1v) is 8.60. The highest BCUT2D eigenvalue weighted by Crippen LogP contribution is 2.36. The van der Waals surface area contributed by atoms with Crippen LogP contribution in [-0.2, 0) is 4.79 Å². The molecule has 0 spiro atoms. The molecule has 2 heterocycles. The molecule has 4 rings (SSSR count). The third-order valence-electron chi connectivity index (χ3n) is 4.55. The van der Waals surface area contributed by atoms with E-state index in [1.54, 1.807) is 24.3 Å². The monoisotopic (exact) mass is 349 g/mol. The molecular formula is C21H19NO4. The normalized spacial score (nSPS) is 17.3. The average molecular weight is 349 g/mol. The Bertz CT molecular complexity index is 943. The second-order valence-corrected chi connectivity index (χ2v) is 6.76. The summed E-state index contributed by atoms with van der Waals surface area (Å²) in [5, 5.41) is 2.77. The summed E-state index contributed by atoms with van der Waals surface area (Å²) < 4.78 is 11.3. The maximum absolute atomic E-state index is 12.9. The minimum absolute atomic E-state index is 0.0215. The van der Waals surface area contributed by atoms with Gasteiger partial charge in [-0.15, -0.1) is 0 Å². The van der Waals surface area contributed by atoms with Crippen LogP contribution in [0.25, 0.3) is 6.08 Å². The molecule has 26 heavy (non-hydrogen) atoms. The van der Waals surface area contributed by atoms with Crippen LogP contribution in [0, 0.1) is 0 Å². The molecule has 2 aromatic rings. The van der Waals surface area contributed by atoms with Gasteiger partial charge in [0.1, 0.15) is 18.1 Å². The first-order chi connectivity index (χ1) is 12.5. The molecule has 0 saturated heterocycles. The van der Waals surface area contributed by atoms with Crippen LogP contribution in [0.4, 0.5) is 5.69 Å². The largest absolute Gasteiger partial charge is 0.488 e. The lowest BCUT2D eigenvalue weighted by atomic mass is 9.92. The molecule has 0 bridgehead atoms. The number of amides is 1. The molecule has 5 nitrogen and oxygen atoms in total. The zero-order valence-corrected chi connectivity index (χ0v) is 14.7. The van der Waals surface area contributed by atoms with Crippen molar-refractivity contribution < 1.29 is 19.1 Å². The minimum atomic E-state index is -0.186. The Morgan fingerprint density at radius 2 is 1.92 bits per heavy atom. The Hall–Kier alpha value is -3.08. The molecular weight excluding hydrogens is 330 g/mol. The van der Waals surface area contributed by atoms with Gasteiger partial charge < -0.3 is 14.8 Å². The number of hydrogen-bond acceptors (Lipinski definition) is 4. The molecule has 2 aliphatic heterocycles. The van der Waals surface area contributed by atoms with E-state index in [9.17, 15) is 9.59 Å². The maximum atomic E-state index is 12.9. The smallest absolute Gasteiger partial charge is 0.262 e. The number of anilines is 1. The number of carbonyl (C=O) groups is 2. The topological polar surface area (TPSA) is 64.6 Å². The molecule has 5 heteroatoms. The number of Topliss-reactive ketones (excluding diaryl/α,β-unsaturated/α-hetero) is 1. The zero-order chi connectivity index (χ0) is 18.3. The van der Waals surface area contributed by atoms with Crippen LogP contribution in [0.3, 0.4) is 0 Å². The average Bonchev–Trinajstić information content (AvgIpc) is 2.63. The summed E-state index contributed by atoms with van der Waals surface area (Å²) >= 11 is 0. The zero-order valence-electron chi connectivity index (χ0n) is 14.7. The Balaban J connectivity index is 1.68. The van der Waals surface area contributed by atoms with Crippen LogP contribution < -0.4 is 14.8 Å². The van der Waals surface area contributed by atoms with Gasteiger partial charge in [0, 0.05) is 5.57 Å². The van der Waals surface area contributed by atoms with Crippen molar-refractivity contribution in [2.45, 2.75) is 19.8 Å². The second-order valence-electron chi connectivity index (χ2n) is 6.76. The molecule has 2 aromatic carbocycles. The number of benzene rings is 2. The predicted octanol–water partition coefficient (Wildman–Crippen LogP) is 3.80. The number of para-hydroxylation sites is 1. The fourth-order valence-electron chi connectivity index (χ4n) is 3.24. The van der Waals surface area contributed by atoms with Crippen molar-refractivity contribution in [1.29, 1.82) is 0 Å². The molecule has 0 radical (unpaired) electrons. The van der Waals surface area contributed by atoms with Crippen LogP contribution >= 0.6 is 0 Å². The van der Waals surface area contributed by atoms with Gasteiger partial charge in [0.2, 0.25) is 0 Å². The van der Waals surface area contributed by atoms with E-state index in [1.807, 2.05) is 18.2 Å². The van der Waals surface area contributed by atoms with Crippen LogP contribution in [0.2, 0.25) is 0 Å². The number of hydrogen-bond donors (Lipinski definition) is 1. The van der Waals surface area contributed by atoms with Gasteiger partial charge in [0.15, 0.2) is 12.4 Å². The fraction of sp³-hybridized carbons (Fsp3) is 0.238. The summed E-state index contributed by atoms with van der Waals surface area (Å²) in [6, 6.07) is 11.1. The third kappa shape index (κ3) is 2.86. The molecule has 0 saturated carbocycles. The number of rotatable bonds is 2. The summed E-state index contributed by atoms with van der Waals surface area (Å²) in [6.07, 6.45) is 1.80. The van der Waals surface area contributed by atoms with Gasteiger partial charge in [0.05, 0.1) is 11.3 Å². The van der Waals surface area contributed by atoms with Crippen molar-refractivity contribution in [2.24, 2.45) is 0 Å². The fourth-order valence-corrected chi connectivity index (χ4v) is 3.24. The highest BCUT2D eigenvalue weighted by atomic mass is 16.5. The van der Waals surface area contributed by atoms with Crippen molar-refractivity contribution in [2.75, 3.05) is 18.5 Å². The van der Waals surface area contributed by atoms with Gasteiger partial charge in [-0.3, -0.25) is 9.59 Å². The van der Waals surface area contributed by atoms with Gasteiger partial charge in [-0.2, -0.15) is 0 Å². The first kappa shape index (κ1) is 16.4. The number of carbonyl (C=O) groups excluding carboxylic acids is 2. The first-order valence-electron chi connectivity index (χ1n) is 8.60. The third-order valence-corrected chi connectivity index (χ3v) is 4.55. The molecule has 132 valence electrons.